The lowest BCUT2D eigenvalue weighted by molar-refractivity contribution is -0.153. The molecule has 0 amide bonds. The van der Waals surface area contributed by atoms with Crippen LogP contribution >= 0.6 is 0 Å². The molecular formula is C14H18F3NO. The van der Waals surface area contributed by atoms with Gasteiger partial charge in [0.05, 0.1) is 0 Å². The van der Waals surface area contributed by atoms with Gasteiger partial charge in [-0.2, -0.15) is 13.2 Å². The summed E-state index contributed by atoms with van der Waals surface area (Å²) in [7, 11) is 0. The molecule has 1 N–H and O–H groups in total. The summed E-state index contributed by atoms with van der Waals surface area (Å²) >= 11 is 0. The predicted octanol–water partition coefficient (Wildman–Crippen LogP) is 4.23. The number of hydrogen-bond acceptors (Lipinski definition) is 2. The van der Waals surface area contributed by atoms with Crippen molar-refractivity contribution in [2.24, 2.45) is 5.92 Å². The number of nitrogens with one attached hydrogen (secondary N) is 1. The van der Waals surface area contributed by atoms with Gasteiger partial charge in [0.25, 0.3) is 0 Å². The van der Waals surface area contributed by atoms with E-state index in [4.69, 9.17) is 0 Å². The summed E-state index contributed by atoms with van der Waals surface area (Å²) in [4.78, 5) is 0. The van der Waals surface area contributed by atoms with Crippen LogP contribution in [-0.4, -0.2) is 18.8 Å². The number of ether oxygens (including phenoxy) is 1. The van der Waals surface area contributed by atoms with Gasteiger partial charge in [-0.05, 0) is 43.0 Å². The van der Waals surface area contributed by atoms with Gasteiger partial charge in [0.1, 0.15) is 5.75 Å². The summed E-state index contributed by atoms with van der Waals surface area (Å²) in [6.07, 6.45) is -0.695. The zero-order chi connectivity index (χ0) is 13.9. The lowest BCUT2D eigenvalue weighted by Crippen LogP contribution is -2.21. The van der Waals surface area contributed by atoms with E-state index < -0.39 is 12.8 Å². The third-order valence-corrected chi connectivity index (χ3v) is 3.47. The van der Waals surface area contributed by atoms with Gasteiger partial charge in [-0.15, -0.1) is 0 Å². The van der Waals surface area contributed by atoms with E-state index in [1.54, 1.807) is 24.3 Å². The number of halogens is 3. The van der Waals surface area contributed by atoms with Crippen LogP contribution in [0, 0.1) is 5.92 Å². The fourth-order valence-electron chi connectivity index (χ4n) is 2.39. The highest BCUT2D eigenvalue weighted by Gasteiger charge is 2.28. The first-order valence-electron chi connectivity index (χ1n) is 6.50. The van der Waals surface area contributed by atoms with Gasteiger partial charge in [-0.3, -0.25) is 0 Å². The van der Waals surface area contributed by atoms with Crippen LogP contribution < -0.4 is 10.1 Å². The van der Waals surface area contributed by atoms with Crippen molar-refractivity contribution in [3.8, 4) is 5.75 Å². The Kier molecular flexibility index (Phi) is 4.22. The Balaban J connectivity index is 1.87. The van der Waals surface area contributed by atoms with Crippen LogP contribution in [0.2, 0.25) is 0 Å². The smallest absolute Gasteiger partial charge is 0.422 e. The minimum atomic E-state index is -4.30. The topological polar surface area (TPSA) is 21.3 Å². The van der Waals surface area contributed by atoms with Crippen molar-refractivity contribution in [3.63, 3.8) is 0 Å². The van der Waals surface area contributed by atoms with Crippen LogP contribution in [0.15, 0.2) is 24.3 Å². The molecule has 2 atom stereocenters. The second-order valence-electron chi connectivity index (χ2n) is 5.09. The monoisotopic (exact) mass is 273 g/mol. The van der Waals surface area contributed by atoms with Crippen molar-refractivity contribution in [1.82, 2.24) is 0 Å². The minimum absolute atomic E-state index is 0.238. The SMILES string of the molecule is CC1CCCC1Nc1ccc(OCC(F)(F)F)cc1. The molecule has 2 rings (SSSR count). The molecule has 1 aromatic rings. The molecule has 0 aromatic heterocycles. The summed E-state index contributed by atoms with van der Waals surface area (Å²) in [5.41, 5.74) is 0.929. The van der Waals surface area contributed by atoms with Gasteiger partial charge in [0.2, 0.25) is 0 Å². The third kappa shape index (κ3) is 4.33. The predicted molar refractivity (Wildman–Crippen MR) is 68.4 cm³/mol. The minimum Gasteiger partial charge on any atom is -0.484 e. The van der Waals surface area contributed by atoms with Crippen LogP contribution in [0.4, 0.5) is 18.9 Å². The first-order valence-corrected chi connectivity index (χ1v) is 6.50. The number of anilines is 1. The molecule has 0 aliphatic heterocycles. The van der Waals surface area contributed by atoms with Crippen LogP contribution in [0.1, 0.15) is 26.2 Å². The molecular weight excluding hydrogens is 255 g/mol. The Hall–Kier alpha value is -1.39. The van der Waals surface area contributed by atoms with Crippen molar-refractivity contribution in [2.75, 3.05) is 11.9 Å². The maximum atomic E-state index is 12.0. The molecule has 2 unspecified atom stereocenters. The van der Waals surface area contributed by atoms with Gasteiger partial charge < -0.3 is 10.1 Å². The van der Waals surface area contributed by atoms with Crippen molar-refractivity contribution in [2.45, 2.75) is 38.4 Å². The molecule has 0 heterocycles. The quantitative estimate of drug-likeness (QED) is 0.886. The number of hydrogen-bond donors (Lipinski definition) is 1. The maximum absolute atomic E-state index is 12.0. The van der Waals surface area contributed by atoms with Crippen molar-refractivity contribution in [1.29, 1.82) is 0 Å². The van der Waals surface area contributed by atoms with Crippen LogP contribution in [0.3, 0.4) is 0 Å². The molecule has 0 radical (unpaired) electrons. The Morgan fingerprint density at radius 3 is 2.42 bits per heavy atom. The molecule has 19 heavy (non-hydrogen) atoms. The Morgan fingerprint density at radius 2 is 1.89 bits per heavy atom. The van der Waals surface area contributed by atoms with E-state index >= 15 is 0 Å². The molecule has 1 aliphatic rings. The van der Waals surface area contributed by atoms with Gasteiger partial charge in [-0.1, -0.05) is 13.3 Å². The van der Waals surface area contributed by atoms with Crippen LogP contribution in [-0.2, 0) is 0 Å². The molecule has 1 aliphatic carbocycles. The molecule has 0 bridgehead atoms. The van der Waals surface area contributed by atoms with E-state index in [9.17, 15) is 13.2 Å². The fraction of sp³-hybridized carbons (Fsp3) is 0.571. The summed E-state index contributed by atoms with van der Waals surface area (Å²) in [6.45, 7) is 0.963. The standard InChI is InChI=1S/C14H18F3NO/c1-10-3-2-4-13(10)18-11-5-7-12(8-6-11)19-9-14(15,16)17/h5-8,10,13,18H,2-4,9H2,1H3. The lowest BCUT2D eigenvalue weighted by atomic mass is 10.1. The zero-order valence-electron chi connectivity index (χ0n) is 10.8. The second-order valence-corrected chi connectivity index (χ2v) is 5.09. The molecule has 5 heteroatoms. The van der Waals surface area contributed by atoms with E-state index in [0.29, 0.717) is 12.0 Å². The molecule has 1 aromatic carbocycles. The first-order chi connectivity index (χ1) is 8.94. The molecule has 0 saturated heterocycles. The second kappa shape index (κ2) is 5.72. The van der Waals surface area contributed by atoms with E-state index in [-0.39, 0.29) is 5.75 Å². The van der Waals surface area contributed by atoms with Crippen LogP contribution in [0.25, 0.3) is 0 Å². The highest BCUT2D eigenvalue weighted by Crippen LogP contribution is 2.28. The molecule has 1 fully saturated rings. The summed E-state index contributed by atoms with van der Waals surface area (Å²) in [5, 5.41) is 3.41. The van der Waals surface area contributed by atoms with Gasteiger partial charge >= 0.3 is 6.18 Å². The first kappa shape index (κ1) is 14.0. The third-order valence-electron chi connectivity index (χ3n) is 3.47. The van der Waals surface area contributed by atoms with Gasteiger partial charge in [0, 0.05) is 11.7 Å². The Bertz CT molecular complexity index is 402. The highest BCUT2D eigenvalue weighted by molar-refractivity contribution is 5.47. The van der Waals surface area contributed by atoms with Crippen molar-refractivity contribution >= 4 is 5.69 Å². The normalized spacial score (nSPS) is 23.4. The number of alkyl halides is 3. The van der Waals surface area contributed by atoms with E-state index in [1.807, 2.05) is 0 Å². The molecule has 0 spiro atoms. The molecule has 1 saturated carbocycles. The average Bonchev–Trinajstić information content (AvgIpc) is 2.73. The largest absolute Gasteiger partial charge is 0.484 e. The summed E-state index contributed by atoms with van der Waals surface area (Å²) in [5.74, 6) is 0.878. The summed E-state index contributed by atoms with van der Waals surface area (Å²) in [6, 6.07) is 7.11. The lowest BCUT2D eigenvalue weighted by Gasteiger charge is -2.19. The fourth-order valence-corrected chi connectivity index (χ4v) is 2.39. The Labute approximate surface area is 111 Å². The van der Waals surface area contributed by atoms with E-state index in [0.717, 1.165) is 12.1 Å². The average molecular weight is 273 g/mol. The molecule has 2 nitrogen and oxygen atoms in total. The Morgan fingerprint density at radius 1 is 1.21 bits per heavy atom. The van der Waals surface area contributed by atoms with E-state index in [2.05, 4.69) is 17.0 Å². The number of benzene rings is 1. The maximum Gasteiger partial charge on any atom is 0.422 e. The van der Waals surface area contributed by atoms with E-state index in [1.165, 1.54) is 12.8 Å². The zero-order valence-corrected chi connectivity index (χ0v) is 10.8. The summed E-state index contributed by atoms with van der Waals surface area (Å²) < 4.78 is 40.7. The van der Waals surface area contributed by atoms with Gasteiger partial charge in [-0.25, -0.2) is 0 Å². The number of rotatable bonds is 4. The van der Waals surface area contributed by atoms with Crippen molar-refractivity contribution in [3.05, 3.63) is 24.3 Å². The molecule has 106 valence electrons. The van der Waals surface area contributed by atoms with Crippen LogP contribution in [0.5, 0.6) is 5.75 Å². The highest BCUT2D eigenvalue weighted by atomic mass is 19.4. The van der Waals surface area contributed by atoms with Gasteiger partial charge in [0.15, 0.2) is 6.61 Å². The van der Waals surface area contributed by atoms with Crippen molar-refractivity contribution < 1.29 is 17.9 Å².